The first-order chi connectivity index (χ1) is 12.9. The standard InChI is InChI=1S/C18H24N4O4S/c1-11(2)16(27-18-20-14(25-4)10-15(21-18)26-5)17(23)22(19)12-6-8-13(24-3)9-7-12/h6-11,16H,19H2,1-5H3. The summed E-state index contributed by atoms with van der Waals surface area (Å²) in [7, 11) is 4.59. The van der Waals surface area contributed by atoms with Crippen LogP contribution in [0.1, 0.15) is 13.8 Å². The van der Waals surface area contributed by atoms with Gasteiger partial charge in [-0.05, 0) is 30.2 Å². The monoisotopic (exact) mass is 392 g/mol. The highest BCUT2D eigenvalue weighted by Gasteiger charge is 2.29. The number of carbonyl (C=O) groups excluding carboxylic acids is 1. The molecule has 1 heterocycles. The number of nitrogens with two attached hydrogens (primary N) is 1. The molecule has 1 aromatic carbocycles. The molecule has 0 aliphatic rings. The summed E-state index contributed by atoms with van der Waals surface area (Å²) in [5.41, 5.74) is 0.566. The molecule has 0 saturated carbocycles. The van der Waals surface area contributed by atoms with Crippen molar-refractivity contribution in [3.63, 3.8) is 0 Å². The van der Waals surface area contributed by atoms with Crippen molar-refractivity contribution in [3.05, 3.63) is 30.3 Å². The molecule has 9 heteroatoms. The van der Waals surface area contributed by atoms with E-state index in [2.05, 4.69) is 9.97 Å². The molecule has 2 aromatic rings. The average molecular weight is 392 g/mol. The summed E-state index contributed by atoms with van der Waals surface area (Å²) in [6.45, 7) is 3.88. The maximum absolute atomic E-state index is 13.0. The number of thioether (sulfide) groups is 1. The molecule has 0 aliphatic heterocycles. The van der Waals surface area contributed by atoms with Crippen molar-refractivity contribution in [1.29, 1.82) is 0 Å². The minimum atomic E-state index is -0.492. The Morgan fingerprint density at radius 3 is 2.04 bits per heavy atom. The zero-order valence-electron chi connectivity index (χ0n) is 16.0. The van der Waals surface area contributed by atoms with Crippen LogP contribution in [-0.4, -0.2) is 42.5 Å². The topological polar surface area (TPSA) is 99.8 Å². The van der Waals surface area contributed by atoms with E-state index in [-0.39, 0.29) is 11.8 Å². The molecular formula is C18H24N4O4S. The quantitative estimate of drug-likeness (QED) is 0.240. The zero-order valence-corrected chi connectivity index (χ0v) is 16.8. The van der Waals surface area contributed by atoms with Gasteiger partial charge in [-0.3, -0.25) is 4.79 Å². The molecule has 2 N–H and O–H groups in total. The second kappa shape index (κ2) is 9.43. The van der Waals surface area contributed by atoms with Crippen LogP contribution in [-0.2, 0) is 4.79 Å². The van der Waals surface area contributed by atoms with Gasteiger partial charge in [0.1, 0.15) is 5.75 Å². The summed E-state index contributed by atoms with van der Waals surface area (Å²) in [6, 6.07) is 8.52. The molecule has 8 nitrogen and oxygen atoms in total. The maximum atomic E-state index is 13.0. The van der Waals surface area contributed by atoms with Crippen molar-refractivity contribution in [3.8, 4) is 17.5 Å². The first kappa shape index (κ1) is 20.8. The average Bonchev–Trinajstić information content (AvgIpc) is 2.70. The van der Waals surface area contributed by atoms with Gasteiger partial charge in [0, 0.05) is 0 Å². The number of ether oxygens (including phenoxy) is 3. The van der Waals surface area contributed by atoms with Gasteiger partial charge in [0.2, 0.25) is 11.8 Å². The van der Waals surface area contributed by atoms with Crippen molar-refractivity contribution in [2.75, 3.05) is 26.3 Å². The minimum absolute atomic E-state index is 0.00686. The number of hydrogen-bond acceptors (Lipinski definition) is 8. The smallest absolute Gasteiger partial charge is 0.255 e. The van der Waals surface area contributed by atoms with Gasteiger partial charge in [0.05, 0.1) is 38.3 Å². The fraction of sp³-hybridized carbons (Fsp3) is 0.389. The Bertz CT molecular complexity index is 748. The Balaban J connectivity index is 2.24. The van der Waals surface area contributed by atoms with Crippen LogP contribution in [0.2, 0.25) is 0 Å². The number of rotatable bonds is 8. The molecule has 0 aliphatic carbocycles. The van der Waals surface area contributed by atoms with Crippen LogP contribution in [0.15, 0.2) is 35.5 Å². The Morgan fingerprint density at radius 2 is 1.59 bits per heavy atom. The van der Waals surface area contributed by atoms with Crippen LogP contribution < -0.4 is 25.1 Å². The second-order valence-electron chi connectivity index (χ2n) is 5.92. The first-order valence-corrected chi connectivity index (χ1v) is 9.14. The Labute approximate surface area is 163 Å². The molecule has 0 spiro atoms. The Morgan fingerprint density at radius 1 is 1.04 bits per heavy atom. The number of anilines is 1. The Kier molecular flexibility index (Phi) is 7.26. The molecule has 1 atom stereocenters. The third-order valence-electron chi connectivity index (χ3n) is 3.75. The zero-order chi connectivity index (χ0) is 20.0. The molecule has 0 saturated heterocycles. The number of carbonyl (C=O) groups is 1. The van der Waals surface area contributed by atoms with Crippen LogP contribution in [0.5, 0.6) is 17.5 Å². The molecule has 2 rings (SSSR count). The van der Waals surface area contributed by atoms with Gasteiger partial charge in [-0.2, -0.15) is 9.97 Å². The second-order valence-corrected chi connectivity index (χ2v) is 7.03. The molecule has 1 amide bonds. The Hall–Kier alpha value is -2.52. The molecular weight excluding hydrogens is 368 g/mol. The minimum Gasteiger partial charge on any atom is -0.497 e. The SMILES string of the molecule is COc1ccc(N(N)C(=O)C(Sc2nc(OC)cc(OC)n2)C(C)C)cc1. The van der Waals surface area contributed by atoms with Crippen LogP contribution in [0, 0.1) is 5.92 Å². The van der Waals surface area contributed by atoms with Gasteiger partial charge >= 0.3 is 0 Å². The highest BCUT2D eigenvalue weighted by atomic mass is 32.2. The lowest BCUT2D eigenvalue weighted by Gasteiger charge is -2.25. The molecule has 0 fully saturated rings. The van der Waals surface area contributed by atoms with Gasteiger partial charge in [-0.1, -0.05) is 25.6 Å². The molecule has 0 radical (unpaired) electrons. The van der Waals surface area contributed by atoms with Gasteiger partial charge in [-0.25, -0.2) is 10.9 Å². The van der Waals surface area contributed by atoms with Gasteiger partial charge in [0.15, 0.2) is 5.16 Å². The van der Waals surface area contributed by atoms with E-state index in [0.29, 0.717) is 28.4 Å². The summed E-state index contributed by atoms with van der Waals surface area (Å²) in [4.78, 5) is 21.5. The third-order valence-corrected chi connectivity index (χ3v) is 5.14. The first-order valence-electron chi connectivity index (χ1n) is 8.26. The normalized spacial score (nSPS) is 11.8. The summed E-state index contributed by atoms with van der Waals surface area (Å²) in [6.07, 6.45) is 0. The fourth-order valence-electron chi connectivity index (χ4n) is 2.24. The van der Waals surface area contributed by atoms with Crippen molar-refractivity contribution in [1.82, 2.24) is 9.97 Å². The number of hydrazine groups is 1. The van der Waals surface area contributed by atoms with E-state index in [4.69, 9.17) is 20.1 Å². The van der Waals surface area contributed by atoms with E-state index in [1.165, 1.54) is 26.0 Å². The van der Waals surface area contributed by atoms with Gasteiger partial charge in [-0.15, -0.1) is 0 Å². The predicted molar refractivity (Wildman–Crippen MR) is 104 cm³/mol. The molecule has 0 bridgehead atoms. The van der Waals surface area contributed by atoms with Crippen molar-refractivity contribution < 1.29 is 19.0 Å². The van der Waals surface area contributed by atoms with E-state index in [1.807, 2.05) is 13.8 Å². The van der Waals surface area contributed by atoms with Crippen molar-refractivity contribution >= 4 is 23.4 Å². The molecule has 146 valence electrons. The number of hydrogen-bond donors (Lipinski definition) is 1. The third kappa shape index (κ3) is 5.24. The summed E-state index contributed by atoms with van der Waals surface area (Å²) < 4.78 is 15.5. The number of nitrogens with zero attached hydrogens (tertiary/aromatic N) is 3. The van der Waals surface area contributed by atoms with E-state index >= 15 is 0 Å². The summed E-state index contributed by atoms with van der Waals surface area (Å²) in [5.74, 6) is 7.22. The van der Waals surface area contributed by atoms with Gasteiger partial charge < -0.3 is 14.2 Å². The molecule has 1 unspecified atom stereocenters. The largest absolute Gasteiger partial charge is 0.497 e. The number of amides is 1. The molecule has 1 aromatic heterocycles. The number of benzene rings is 1. The van der Waals surface area contributed by atoms with E-state index in [0.717, 1.165) is 5.01 Å². The summed E-state index contributed by atoms with van der Waals surface area (Å²) in [5, 5.41) is 1.02. The van der Waals surface area contributed by atoms with Crippen LogP contribution in [0.3, 0.4) is 0 Å². The van der Waals surface area contributed by atoms with Crippen LogP contribution in [0.4, 0.5) is 5.69 Å². The van der Waals surface area contributed by atoms with Crippen LogP contribution in [0.25, 0.3) is 0 Å². The number of aromatic nitrogens is 2. The van der Waals surface area contributed by atoms with Gasteiger partial charge in [0.25, 0.3) is 5.91 Å². The van der Waals surface area contributed by atoms with E-state index in [1.54, 1.807) is 37.4 Å². The van der Waals surface area contributed by atoms with Crippen LogP contribution >= 0.6 is 11.8 Å². The van der Waals surface area contributed by atoms with Crippen molar-refractivity contribution in [2.45, 2.75) is 24.3 Å². The fourth-order valence-corrected chi connectivity index (χ4v) is 3.24. The predicted octanol–water partition coefficient (Wildman–Crippen LogP) is 2.53. The lowest BCUT2D eigenvalue weighted by molar-refractivity contribution is -0.118. The summed E-state index contributed by atoms with van der Waals surface area (Å²) >= 11 is 1.22. The highest BCUT2D eigenvalue weighted by molar-refractivity contribution is 8.00. The lowest BCUT2D eigenvalue weighted by Crippen LogP contribution is -2.44. The molecule has 27 heavy (non-hydrogen) atoms. The van der Waals surface area contributed by atoms with Crippen molar-refractivity contribution in [2.24, 2.45) is 11.8 Å². The highest BCUT2D eigenvalue weighted by Crippen LogP contribution is 2.31. The van der Waals surface area contributed by atoms with E-state index in [9.17, 15) is 4.79 Å². The lowest BCUT2D eigenvalue weighted by atomic mass is 10.1. The van der Waals surface area contributed by atoms with E-state index < -0.39 is 5.25 Å². The number of methoxy groups -OCH3 is 3. The maximum Gasteiger partial charge on any atom is 0.255 e.